The largest absolute Gasteiger partial charge is 0.416 e. The molecule has 0 fully saturated rings. The molecule has 122 valence electrons. The first kappa shape index (κ1) is 16.8. The van der Waals surface area contributed by atoms with Gasteiger partial charge in [-0.05, 0) is 42.8 Å². The maximum Gasteiger partial charge on any atom is 0.416 e. The Morgan fingerprint density at radius 1 is 1.13 bits per heavy atom. The highest BCUT2D eigenvalue weighted by atomic mass is 19.4. The smallest absolute Gasteiger partial charge is 0.384 e. The van der Waals surface area contributed by atoms with Crippen molar-refractivity contribution in [1.29, 1.82) is 0 Å². The maximum atomic E-state index is 12.5. The van der Waals surface area contributed by atoms with Crippen molar-refractivity contribution in [2.45, 2.75) is 19.5 Å². The molecule has 0 atom stereocenters. The first-order valence-electron chi connectivity index (χ1n) is 7.08. The van der Waals surface area contributed by atoms with Gasteiger partial charge in [-0.2, -0.15) is 13.2 Å². The molecule has 0 spiro atoms. The van der Waals surface area contributed by atoms with Crippen LogP contribution in [0.3, 0.4) is 0 Å². The van der Waals surface area contributed by atoms with Gasteiger partial charge in [0.15, 0.2) is 0 Å². The first-order chi connectivity index (χ1) is 10.9. The Morgan fingerprint density at radius 2 is 1.83 bits per heavy atom. The molecule has 0 unspecified atom stereocenters. The van der Waals surface area contributed by atoms with Crippen molar-refractivity contribution in [3.8, 4) is 0 Å². The molecule has 1 amide bonds. The van der Waals surface area contributed by atoms with Gasteiger partial charge in [0, 0.05) is 12.1 Å². The third kappa shape index (κ3) is 4.70. The standard InChI is InChI=1S/C16H16F3N3O/c1-2-9-20-13-7-8-14(21-10-13)22-15(23)11-3-5-12(6-4-11)16(17,18)19/h3-8,10,20H,2,9H2,1H3,(H,21,22,23). The molecule has 1 aromatic heterocycles. The van der Waals surface area contributed by atoms with Crippen molar-refractivity contribution in [3.63, 3.8) is 0 Å². The molecule has 2 rings (SSSR count). The Bertz CT molecular complexity index is 652. The minimum atomic E-state index is -4.42. The molecule has 7 heteroatoms. The molecule has 0 aliphatic rings. The van der Waals surface area contributed by atoms with Crippen LogP contribution in [0.4, 0.5) is 24.7 Å². The number of hydrogen-bond donors (Lipinski definition) is 2. The number of benzene rings is 1. The number of rotatable bonds is 5. The van der Waals surface area contributed by atoms with Gasteiger partial charge in [0.1, 0.15) is 5.82 Å². The number of halogens is 3. The molecule has 2 N–H and O–H groups in total. The van der Waals surface area contributed by atoms with E-state index in [9.17, 15) is 18.0 Å². The summed E-state index contributed by atoms with van der Waals surface area (Å²) < 4.78 is 37.4. The van der Waals surface area contributed by atoms with E-state index in [-0.39, 0.29) is 5.56 Å². The van der Waals surface area contributed by atoms with Gasteiger partial charge in [0.25, 0.3) is 5.91 Å². The fourth-order valence-corrected chi connectivity index (χ4v) is 1.84. The zero-order chi connectivity index (χ0) is 16.9. The fraction of sp³-hybridized carbons (Fsp3) is 0.250. The lowest BCUT2D eigenvalue weighted by atomic mass is 10.1. The Labute approximate surface area is 131 Å². The SMILES string of the molecule is CCCNc1ccc(NC(=O)c2ccc(C(F)(F)F)cc2)nc1. The van der Waals surface area contributed by atoms with Crippen LogP contribution in [0.15, 0.2) is 42.6 Å². The summed E-state index contributed by atoms with van der Waals surface area (Å²) in [6.45, 7) is 2.86. The van der Waals surface area contributed by atoms with Gasteiger partial charge >= 0.3 is 6.18 Å². The summed E-state index contributed by atoms with van der Waals surface area (Å²) in [7, 11) is 0. The molecule has 1 heterocycles. The Balaban J connectivity index is 2.01. The van der Waals surface area contributed by atoms with E-state index in [0.717, 1.165) is 42.9 Å². The second kappa shape index (κ2) is 7.13. The third-order valence-electron chi connectivity index (χ3n) is 3.06. The van der Waals surface area contributed by atoms with Crippen molar-refractivity contribution < 1.29 is 18.0 Å². The van der Waals surface area contributed by atoms with E-state index >= 15 is 0 Å². The van der Waals surface area contributed by atoms with Crippen LogP contribution in [0, 0.1) is 0 Å². The summed E-state index contributed by atoms with van der Waals surface area (Å²) in [5.74, 6) is -0.183. The van der Waals surface area contributed by atoms with Gasteiger partial charge in [-0.3, -0.25) is 4.79 Å². The molecule has 0 radical (unpaired) electrons. The molecule has 2 aromatic rings. The quantitative estimate of drug-likeness (QED) is 0.868. The first-order valence-corrected chi connectivity index (χ1v) is 7.08. The zero-order valence-corrected chi connectivity index (χ0v) is 12.4. The number of nitrogens with zero attached hydrogens (tertiary/aromatic N) is 1. The van der Waals surface area contributed by atoms with E-state index in [1.807, 2.05) is 6.92 Å². The zero-order valence-electron chi connectivity index (χ0n) is 12.4. The Hall–Kier alpha value is -2.57. The number of nitrogens with one attached hydrogen (secondary N) is 2. The lowest BCUT2D eigenvalue weighted by molar-refractivity contribution is -0.137. The number of aromatic nitrogens is 1. The van der Waals surface area contributed by atoms with Crippen molar-refractivity contribution in [2.24, 2.45) is 0 Å². The monoisotopic (exact) mass is 323 g/mol. The van der Waals surface area contributed by atoms with Crippen molar-refractivity contribution >= 4 is 17.4 Å². The summed E-state index contributed by atoms with van der Waals surface area (Å²) in [6.07, 6.45) is -1.86. The molecule has 0 saturated carbocycles. The number of carbonyl (C=O) groups is 1. The molecule has 1 aromatic carbocycles. The Kier molecular flexibility index (Phi) is 5.20. The summed E-state index contributed by atoms with van der Waals surface area (Å²) in [4.78, 5) is 16.1. The molecule has 0 aliphatic carbocycles. The van der Waals surface area contributed by atoms with Crippen LogP contribution in [0.5, 0.6) is 0 Å². The minimum Gasteiger partial charge on any atom is -0.384 e. The van der Waals surface area contributed by atoms with Crippen LogP contribution >= 0.6 is 0 Å². The average Bonchev–Trinajstić information content (AvgIpc) is 2.53. The number of pyridine rings is 1. The summed E-state index contributed by atoms with van der Waals surface area (Å²) in [5.41, 5.74) is 0.172. The highest BCUT2D eigenvalue weighted by Crippen LogP contribution is 2.29. The van der Waals surface area contributed by atoms with Gasteiger partial charge in [-0.1, -0.05) is 6.92 Å². The van der Waals surface area contributed by atoms with E-state index < -0.39 is 17.6 Å². The van der Waals surface area contributed by atoms with Crippen LogP contribution in [0.25, 0.3) is 0 Å². The molecule has 0 bridgehead atoms. The number of carbonyl (C=O) groups excluding carboxylic acids is 1. The molecular weight excluding hydrogens is 307 g/mol. The van der Waals surface area contributed by atoms with Crippen LogP contribution in [-0.4, -0.2) is 17.4 Å². The van der Waals surface area contributed by atoms with Gasteiger partial charge in [-0.15, -0.1) is 0 Å². The molecule has 0 aliphatic heterocycles. The Morgan fingerprint density at radius 3 is 2.35 bits per heavy atom. The maximum absolute atomic E-state index is 12.5. The normalized spacial score (nSPS) is 11.1. The van der Waals surface area contributed by atoms with Crippen LogP contribution < -0.4 is 10.6 Å². The average molecular weight is 323 g/mol. The molecule has 4 nitrogen and oxygen atoms in total. The van der Waals surface area contributed by atoms with Gasteiger partial charge in [-0.25, -0.2) is 4.98 Å². The van der Waals surface area contributed by atoms with E-state index in [4.69, 9.17) is 0 Å². The van der Waals surface area contributed by atoms with Gasteiger partial charge in [0.05, 0.1) is 17.4 Å². The minimum absolute atomic E-state index is 0.132. The summed E-state index contributed by atoms with van der Waals surface area (Å²) in [6, 6.07) is 7.41. The predicted molar refractivity (Wildman–Crippen MR) is 82.4 cm³/mol. The van der Waals surface area contributed by atoms with E-state index in [1.165, 1.54) is 0 Å². The van der Waals surface area contributed by atoms with Crippen LogP contribution in [0.2, 0.25) is 0 Å². The lowest BCUT2D eigenvalue weighted by Crippen LogP contribution is -2.13. The molecule has 0 saturated heterocycles. The third-order valence-corrected chi connectivity index (χ3v) is 3.06. The lowest BCUT2D eigenvalue weighted by Gasteiger charge is -2.09. The number of amides is 1. The summed E-state index contributed by atoms with van der Waals surface area (Å²) in [5, 5.41) is 5.69. The molecule has 23 heavy (non-hydrogen) atoms. The second-order valence-electron chi connectivity index (χ2n) is 4.89. The van der Waals surface area contributed by atoms with Crippen molar-refractivity contribution in [3.05, 3.63) is 53.7 Å². The fourth-order valence-electron chi connectivity index (χ4n) is 1.84. The number of alkyl halides is 3. The van der Waals surface area contributed by atoms with Gasteiger partial charge < -0.3 is 10.6 Å². The topological polar surface area (TPSA) is 54.0 Å². The summed E-state index contributed by atoms with van der Waals surface area (Å²) >= 11 is 0. The van der Waals surface area contributed by atoms with Crippen molar-refractivity contribution in [1.82, 2.24) is 4.98 Å². The number of hydrogen-bond acceptors (Lipinski definition) is 3. The van der Waals surface area contributed by atoms with E-state index in [1.54, 1.807) is 18.3 Å². The molecular formula is C16H16F3N3O. The van der Waals surface area contributed by atoms with Gasteiger partial charge in [0.2, 0.25) is 0 Å². The van der Waals surface area contributed by atoms with Crippen LogP contribution in [-0.2, 0) is 6.18 Å². The number of anilines is 2. The highest BCUT2D eigenvalue weighted by molar-refractivity contribution is 6.03. The van der Waals surface area contributed by atoms with E-state index in [0.29, 0.717) is 5.82 Å². The van der Waals surface area contributed by atoms with Crippen LogP contribution in [0.1, 0.15) is 29.3 Å². The second-order valence-corrected chi connectivity index (χ2v) is 4.89. The van der Waals surface area contributed by atoms with E-state index in [2.05, 4.69) is 15.6 Å². The predicted octanol–water partition coefficient (Wildman–Crippen LogP) is 4.17. The highest BCUT2D eigenvalue weighted by Gasteiger charge is 2.30. The van der Waals surface area contributed by atoms with Crippen molar-refractivity contribution in [2.75, 3.05) is 17.2 Å².